The van der Waals surface area contributed by atoms with Gasteiger partial charge in [-0.05, 0) is 242 Å². The first-order chi connectivity index (χ1) is 45.8. The molecule has 0 spiro atoms. The maximum absolute atomic E-state index is 12.8. The van der Waals surface area contributed by atoms with Crippen LogP contribution >= 0.6 is 0 Å². The molecule has 0 fully saturated rings. The van der Waals surface area contributed by atoms with Crippen LogP contribution in [-0.2, 0) is 25.7 Å². The van der Waals surface area contributed by atoms with Crippen LogP contribution in [0.15, 0.2) is 171 Å². The van der Waals surface area contributed by atoms with Gasteiger partial charge in [-0.2, -0.15) is 0 Å². The van der Waals surface area contributed by atoms with Crippen molar-refractivity contribution in [1.29, 1.82) is 0 Å². The Morgan fingerprint density at radius 1 is 0.295 bits per heavy atom. The second kappa shape index (κ2) is 41.3. The molecule has 17 heteroatoms. The third-order valence-electron chi connectivity index (χ3n) is 14.7. The topological polar surface area (TPSA) is 251 Å². The van der Waals surface area contributed by atoms with E-state index in [1.54, 1.807) is 62.0 Å². The summed E-state index contributed by atoms with van der Waals surface area (Å²) in [5, 5.41) is 41.8. The zero-order chi connectivity index (χ0) is 68.9. The molecule has 5 heterocycles. The summed E-state index contributed by atoms with van der Waals surface area (Å²) in [6.07, 6.45) is 24.0. The van der Waals surface area contributed by atoms with Gasteiger partial charge in [-0.3, -0.25) is 24.9 Å². The molecule has 500 valence electrons. The standard InChI is InChI=1S/C48H56O12.5C6H7N/c1-5-9-13-57-41-29-17-31-23-38(46(51)52)25-33(42(31)58-14-10-6-2)19-35-27-40(48(55)56)28-36(44(35)60-16-12-8-4)20-34-26-39(47(53)54)24-32(43(34)59-15-11-7-3)18-30(41)22-37(21-29)45(49)50;5*1-6-2-4-7-5-3-6/h21-28H,5-20H2,1-4H3,(H,49,50)(H,51,52)(H,53,54)(H,55,56);5*2-5H,1H3. The van der Waals surface area contributed by atoms with Crippen LogP contribution in [0.3, 0.4) is 0 Å². The molecule has 9 aromatic rings. The Balaban J connectivity index is 0.000000367. The molecule has 4 aromatic carbocycles. The van der Waals surface area contributed by atoms with Crippen molar-refractivity contribution in [3.63, 3.8) is 0 Å². The van der Waals surface area contributed by atoms with E-state index in [9.17, 15) is 39.6 Å². The quantitative estimate of drug-likeness (QED) is 0.0518. The highest BCUT2D eigenvalue weighted by atomic mass is 16.5. The van der Waals surface area contributed by atoms with Crippen LogP contribution in [0, 0.1) is 34.6 Å². The maximum Gasteiger partial charge on any atom is 0.335 e. The lowest BCUT2D eigenvalue weighted by Gasteiger charge is -2.24. The zero-order valence-electron chi connectivity index (χ0n) is 56.3. The monoisotopic (exact) mass is 1290 g/mol. The number of carboxylic acid groups (broad SMARTS) is 4. The number of unbranched alkanes of at least 4 members (excludes halogenated alkanes) is 4. The molecule has 5 aromatic heterocycles. The predicted octanol–water partition coefficient (Wildman–Crippen LogP) is 16.8. The van der Waals surface area contributed by atoms with E-state index in [4.69, 9.17) is 18.9 Å². The smallest absolute Gasteiger partial charge is 0.335 e. The van der Waals surface area contributed by atoms with Crippen molar-refractivity contribution < 1.29 is 58.6 Å². The molecule has 0 radical (unpaired) electrons. The van der Waals surface area contributed by atoms with Gasteiger partial charge in [0.15, 0.2) is 0 Å². The van der Waals surface area contributed by atoms with Gasteiger partial charge >= 0.3 is 23.9 Å². The highest BCUT2D eigenvalue weighted by Crippen LogP contribution is 2.41. The Labute approximate surface area is 559 Å². The lowest BCUT2D eigenvalue weighted by atomic mass is 9.88. The molecule has 0 saturated heterocycles. The number of carbonyl (C=O) groups is 4. The number of aromatic carboxylic acids is 4. The number of hydrogen-bond donors (Lipinski definition) is 4. The van der Waals surface area contributed by atoms with E-state index >= 15 is 0 Å². The number of aryl methyl sites for hydroxylation is 5. The number of hydrogen-bond acceptors (Lipinski definition) is 13. The van der Waals surface area contributed by atoms with Gasteiger partial charge in [0, 0.05) is 87.7 Å². The van der Waals surface area contributed by atoms with Crippen molar-refractivity contribution in [2.75, 3.05) is 26.4 Å². The molecule has 95 heavy (non-hydrogen) atoms. The van der Waals surface area contributed by atoms with Gasteiger partial charge in [0.05, 0.1) is 48.7 Å². The molecule has 1 aliphatic carbocycles. The predicted molar refractivity (Wildman–Crippen MR) is 371 cm³/mol. The van der Waals surface area contributed by atoms with E-state index in [2.05, 4.69) is 24.9 Å². The summed E-state index contributed by atoms with van der Waals surface area (Å²) in [4.78, 5) is 70.4. The number of ether oxygens (including phenoxy) is 4. The normalized spacial score (nSPS) is 10.8. The number of aromatic nitrogens is 5. The van der Waals surface area contributed by atoms with E-state index in [1.807, 2.05) is 123 Å². The first-order valence-corrected chi connectivity index (χ1v) is 32.3. The van der Waals surface area contributed by atoms with Crippen molar-refractivity contribution in [2.45, 2.75) is 139 Å². The molecule has 4 N–H and O–H groups in total. The van der Waals surface area contributed by atoms with Crippen molar-refractivity contribution in [2.24, 2.45) is 0 Å². The summed E-state index contributed by atoms with van der Waals surface area (Å²) in [6.45, 7) is 19.6. The van der Waals surface area contributed by atoms with Crippen LogP contribution in [0.25, 0.3) is 0 Å². The minimum atomic E-state index is -1.19. The fraction of sp³-hybridized carbons (Fsp3) is 0.321. The summed E-state index contributed by atoms with van der Waals surface area (Å²) < 4.78 is 26.1. The number of benzene rings is 4. The third kappa shape index (κ3) is 26.3. The SMILES string of the molecule is CCCCOc1c2cc(C(=O)O)cc1Cc1cc(C(=O)O)cc(c1OCCCC)Cc1cc(C(=O)O)cc(c1OCCCC)Cc1cc(C(=O)O)cc(c1OCCCC)C2.Cc1ccncc1.Cc1ccncc1.Cc1ccncc1.Cc1ccncc1.Cc1ccncc1. The van der Waals surface area contributed by atoms with Crippen LogP contribution in [0.1, 0.15) is 193 Å². The van der Waals surface area contributed by atoms with Crippen molar-refractivity contribution in [3.05, 3.63) is 266 Å². The van der Waals surface area contributed by atoms with Gasteiger partial charge in [0.25, 0.3) is 0 Å². The maximum atomic E-state index is 12.8. The third-order valence-corrected chi connectivity index (χ3v) is 14.7. The lowest BCUT2D eigenvalue weighted by molar-refractivity contribution is 0.0685. The summed E-state index contributed by atoms with van der Waals surface area (Å²) >= 11 is 0. The van der Waals surface area contributed by atoms with Gasteiger partial charge in [0.1, 0.15) is 23.0 Å². The van der Waals surface area contributed by atoms with E-state index < -0.39 is 23.9 Å². The summed E-state index contributed by atoms with van der Waals surface area (Å²) in [7, 11) is 0. The number of pyridine rings is 5. The molecular weight excluding hydrogens is 1200 g/mol. The van der Waals surface area contributed by atoms with Crippen LogP contribution in [0.4, 0.5) is 0 Å². The minimum Gasteiger partial charge on any atom is -0.493 e. The Hall–Kier alpha value is -10.3. The fourth-order valence-electron chi connectivity index (χ4n) is 9.53. The molecule has 0 amide bonds. The molecule has 0 saturated carbocycles. The molecule has 0 aliphatic heterocycles. The molecule has 10 rings (SSSR count). The number of nitrogens with zero attached hydrogens (tertiary/aromatic N) is 5. The Morgan fingerprint density at radius 3 is 0.547 bits per heavy atom. The summed E-state index contributed by atoms with van der Waals surface area (Å²) in [6, 6.07) is 31.9. The first kappa shape index (κ1) is 75.4. The van der Waals surface area contributed by atoms with Crippen LogP contribution < -0.4 is 18.9 Å². The molecule has 1 aliphatic rings. The van der Waals surface area contributed by atoms with Gasteiger partial charge in [-0.15, -0.1) is 0 Å². The zero-order valence-corrected chi connectivity index (χ0v) is 56.3. The summed E-state index contributed by atoms with van der Waals surface area (Å²) in [5.74, 6) is -3.11. The number of carboxylic acids is 4. The van der Waals surface area contributed by atoms with E-state index in [0.717, 1.165) is 25.7 Å². The van der Waals surface area contributed by atoms with E-state index in [-0.39, 0.29) is 47.9 Å². The number of fused-ring (bicyclic) bond motifs is 8. The molecule has 17 nitrogen and oxygen atoms in total. The van der Waals surface area contributed by atoms with E-state index in [0.29, 0.717) is 120 Å². The average molecular weight is 1290 g/mol. The van der Waals surface area contributed by atoms with Crippen LogP contribution in [0.2, 0.25) is 0 Å². The Morgan fingerprint density at radius 2 is 0.442 bits per heavy atom. The highest BCUT2D eigenvalue weighted by Gasteiger charge is 2.27. The second-order valence-corrected chi connectivity index (χ2v) is 22.9. The summed E-state index contributed by atoms with van der Waals surface area (Å²) in [5.41, 5.74) is 9.99. The van der Waals surface area contributed by atoms with Crippen molar-refractivity contribution >= 4 is 23.9 Å². The second-order valence-electron chi connectivity index (χ2n) is 22.9. The molecule has 8 bridgehead atoms. The first-order valence-electron chi connectivity index (χ1n) is 32.3. The Kier molecular flexibility index (Phi) is 32.8. The fourth-order valence-corrected chi connectivity index (χ4v) is 9.53. The van der Waals surface area contributed by atoms with Crippen LogP contribution in [-0.4, -0.2) is 95.7 Å². The van der Waals surface area contributed by atoms with Crippen LogP contribution in [0.5, 0.6) is 23.0 Å². The molecule has 0 unspecified atom stereocenters. The Bertz CT molecular complexity index is 3180. The molecule has 0 atom stereocenters. The van der Waals surface area contributed by atoms with Crippen molar-refractivity contribution in [1.82, 2.24) is 24.9 Å². The van der Waals surface area contributed by atoms with Gasteiger partial charge in [-0.25, -0.2) is 19.2 Å². The van der Waals surface area contributed by atoms with Gasteiger partial charge in [0.2, 0.25) is 0 Å². The van der Waals surface area contributed by atoms with Gasteiger partial charge in [-0.1, -0.05) is 53.4 Å². The van der Waals surface area contributed by atoms with E-state index in [1.165, 1.54) is 76.3 Å². The number of rotatable bonds is 20. The molecular formula is C78H91N5O12. The lowest BCUT2D eigenvalue weighted by Crippen LogP contribution is -2.13. The highest BCUT2D eigenvalue weighted by molar-refractivity contribution is 5.91. The van der Waals surface area contributed by atoms with Crippen molar-refractivity contribution in [3.8, 4) is 23.0 Å². The minimum absolute atomic E-state index is 0.0195. The largest absolute Gasteiger partial charge is 0.493 e. The average Bonchev–Trinajstić information content (AvgIpc) is 0.779. The van der Waals surface area contributed by atoms with Gasteiger partial charge < -0.3 is 39.4 Å².